The lowest BCUT2D eigenvalue weighted by Crippen LogP contribution is -2.55. The lowest BCUT2D eigenvalue weighted by Gasteiger charge is -2.36. The van der Waals surface area contributed by atoms with E-state index in [4.69, 9.17) is 9.47 Å². The summed E-state index contributed by atoms with van der Waals surface area (Å²) in [4.78, 5) is 40.3. The smallest absolute Gasteiger partial charge is 0.252 e. The molecular formula is C23H31N3O5. The van der Waals surface area contributed by atoms with E-state index in [0.29, 0.717) is 43.0 Å². The largest absolute Gasteiger partial charge is 0.454 e. The number of likely N-dealkylation sites (tertiary alicyclic amines) is 1. The SMILES string of the molecule is CC[C@@H](C)NC(=O)[C@H](NC(=O)c1ccc2c(c1)OCO2)C1CCN(C(=O)C2CC2)CC1. The molecule has 0 unspecified atom stereocenters. The van der Waals surface area contributed by atoms with Gasteiger partial charge in [-0.25, -0.2) is 0 Å². The maximum Gasteiger partial charge on any atom is 0.252 e. The van der Waals surface area contributed by atoms with Crippen LogP contribution in [0.15, 0.2) is 18.2 Å². The van der Waals surface area contributed by atoms with Crippen LogP contribution in [-0.2, 0) is 9.59 Å². The zero-order valence-corrected chi connectivity index (χ0v) is 18.2. The summed E-state index contributed by atoms with van der Waals surface area (Å²) in [6, 6.07) is 4.38. The fraction of sp³-hybridized carbons (Fsp3) is 0.609. The van der Waals surface area contributed by atoms with Crippen molar-refractivity contribution in [1.29, 1.82) is 0 Å². The Morgan fingerprint density at radius 3 is 2.45 bits per heavy atom. The van der Waals surface area contributed by atoms with Gasteiger partial charge in [0.05, 0.1) is 0 Å². The molecule has 1 saturated carbocycles. The molecule has 2 heterocycles. The highest BCUT2D eigenvalue weighted by molar-refractivity contribution is 5.98. The Hall–Kier alpha value is -2.77. The third kappa shape index (κ3) is 4.94. The Labute approximate surface area is 182 Å². The summed E-state index contributed by atoms with van der Waals surface area (Å²) >= 11 is 0. The third-order valence-electron chi connectivity index (χ3n) is 6.45. The second-order valence-corrected chi connectivity index (χ2v) is 8.77. The second kappa shape index (κ2) is 9.16. The van der Waals surface area contributed by atoms with Crippen molar-refractivity contribution in [3.8, 4) is 11.5 Å². The lowest BCUT2D eigenvalue weighted by molar-refractivity contribution is -0.134. The molecule has 2 N–H and O–H groups in total. The molecule has 168 valence electrons. The molecule has 3 amide bonds. The van der Waals surface area contributed by atoms with Gasteiger partial charge in [-0.3, -0.25) is 14.4 Å². The zero-order chi connectivity index (χ0) is 22.0. The van der Waals surface area contributed by atoms with Gasteiger partial charge in [-0.2, -0.15) is 0 Å². The van der Waals surface area contributed by atoms with Crippen LogP contribution in [-0.4, -0.2) is 54.6 Å². The van der Waals surface area contributed by atoms with E-state index in [1.165, 1.54) is 0 Å². The van der Waals surface area contributed by atoms with Gasteiger partial charge < -0.3 is 25.0 Å². The number of nitrogens with one attached hydrogen (secondary N) is 2. The summed E-state index contributed by atoms with van der Waals surface area (Å²) in [5, 5.41) is 5.96. The molecule has 0 bridgehead atoms. The maximum absolute atomic E-state index is 13.0. The number of amides is 3. The molecule has 2 atom stereocenters. The molecule has 4 rings (SSSR count). The number of piperidine rings is 1. The van der Waals surface area contributed by atoms with Gasteiger partial charge in [-0.15, -0.1) is 0 Å². The van der Waals surface area contributed by atoms with Gasteiger partial charge in [0.1, 0.15) is 6.04 Å². The van der Waals surface area contributed by atoms with Gasteiger partial charge in [-0.05, 0) is 63.1 Å². The first kappa shape index (κ1) is 21.5. The third-order valence-corrected chi connectivity index (χ3v) is 6.45. The summed E-state index contributed by atoms with van der Waals surface area (Å²) < 4.78 is 10.7. The van der Waals surface area contributed by atoms with Gasteiger partial charge in [-0.1, -0.05) is 6.92 Å². The second-order valence-electron chi connectivity index (χ2n) is 8.77. The molecule has 8 nitrogen and oxygen atoms in total. The Balaban J connectivity index is 1.44. The molecule has 1 aromatic carbocycles. The average Bonchev–Trinajstić information content (AvgIpc) is 3.53. The van der Waals surface area contributed by atoms with E-state index in [9.17, 15) is 14.4 Å². The van der Waals surface area contributed by atoms with Crippen molar-refractivity contribution < 1.29 is 23.9 Å². The van der Waals surface area contributed by atoms with Crippen LogP contribution in [0, 0.1) is 11.8 Å². The quantitative estimate of drug-likeness (QED) is 0.692. The Kier molecular flexibility index (Phi) is 6.34. The molecule has 0 radical (unpaired) electrons. The lowest BCUT2D eigenvalue weighted by atomic mass is 9.88. The van der Waals surface area contributed by atoms with Gasteiger partial charge in [0.25, 0.3) is 5.91 Å². The van der Waals surface area contributed by atoms with E-state index in [2.05, 4.69) is 10.6 Å². The number of hydrogen-bond acceptors (Lipinski definition) is 5. The molecule has 1 aliphatic carbocycles. The normalized spacial score (nSPS) is 20.1. The van der Waals surface area contributed by atoms with Crippen LogP contribution in [0.5, 0.6) is 11.5 Å². The van der Waals surface area contributed by atoms with Crippen molar-refractivity contribution in [2.75, 3.05) is 19.9 Å². The summed E-state index contributed by atoms with van der Waals surface area (Å²) in [7, 11) is 0. The van der Waals surface area contributed by atoms with Crippen molar-refractivity contribution in [2.24, 2.45) is 11.8 Å². The monoisotopic (exact) mass is 429 g/mol. The van der Waals surface area contributed by atoms with Crippen LogP contribution in [0.2, 0.25) is 0 Å². The van der Waals surface area contributed by atoms with Crippen LogP contribution >= 0.6 is 0 Å². The van der Waals surface area contributed by atoms with Crippen LogP contribution in [0.1, 0.15) is 56.3 Å². The summed E-state index contributed by atoms with van der Waals surface area (Å²) in [6.45, 7) is 5.36. The topological polar surface area (TPSA) is 97.0 Å². The number of ether oxygens (including phenoxy) is 2. The van der Waals surface area contributed by atoms with Crippen molar-refractivity contribution in [3.63, 3.8) is 0 Å². The predicted octanol–water partition coefficient (Wildman–Crippen LogP) is 2.08. The predicted molar refractivity (Wildman–Crippen MR) is 114 cm³/mol. The van der Waals surface area contributed by atoms with Crippen LogP contribution < -0.4 is 20.1 Å². The fourth-order valence-electron chi connectivity index (χ4n) is 4.14. The Morgan fingerprint density at radius 1 is 1.06 bits per heavy atom. The van der Waals surface area contributed by atoms with Crippen molar-refractivity contribution in [1.82, 2.24) is 15.5 Å². The maximum atomic E-state index is 13.0. The summed E-state index contributed by atoms with van der Waals surface area (Å²) in [5.74, 6) is 1.06. The van der Waals surface area contributed by atoms with E-state index in [0.717, 1.165) is 19.3 Å². The molecule has 2 aliphatic heterocycles. The van der Waals surface area contributed by atoms with E-state index in [-0.39, 0.29) is 42.4 Å². The number of nitrogens with zero attached hydrogens (tertiary/aromatic N) is 1. The van der Waals surface area contributed by atoms with E-state index < -0.39 is 6.04 Å². The van der Waals surface area contributed by atoms with Crippen molar-refractivity contribution in [2.45, 2.75) is 58.0 Å². The zero-order valence-electron chi connectivity index (χ0n) is 18.2. The molecule has 0 spiro atoms. The fourth-order valence-corrected chi connectivity index (χ4v) is 4.14. The van der Waals surface area contributed by atoms with Crippen molar-refractivity contribution >= 4 is 17.7 Å². The minimum absolute atomic E-state index is 0.0222. The molecule has 1 saturated heterocycles. The number of hydrogen-bond donors (Lipinski definition) is 2. The Morgan fingerprint density at radius 2 is 1.77 bits per heavy atom. The molecule has 1 aromatic rings. The molecule has 8 heteroatoms. The molecule has 3 aliphatic rings. The molecular weight excluding hydrogens is 398 g/mol. The highest BCUT2D eigenvalue weighted by Crippen LogP contribution is 2.34. The number of benzene rings is 1. The Bertz CT molecular complexity index is 846. The minimum Gasteiger partial charge on any atom is -0.454 e. The van der Waals surface area contributed by atoms with Crippen molar-refractivity contribution in [3.05, 3.63) is 23.8 Å². The van der Waals surface area contributed by atoms with Crippen LogP contribution in [0.4, 0.5) is 0 Å². The number of carbonyl (C=O) groups is 3. The van der Waals surface area contributed by atoms with Crippen LogP contribution in [0.3, 0.4) is 0 Å². The van der Waals surface area contributed by atoms with E-state index in [1.54, 1.807) is 18.2 Å². The first-order valence-electron chi connectivity index (χ1n) is 11.3. The average molecular weight is 430 g/mol. The number of fused-ring (bicyclic) bond motifs is 1. The van der Waals surface area contributed by atoms with Gasteiger partial charge in [0.2, 0.25) is 18.6 Å². The molecule has 2 fully saturated rings. The molecule has 31 heavy (non-hydrogen) atoms. The number of rotatable bonds is 7. The number of carbonyl (C=O) groups excluding carboxylic acids is 3. The van der Waals surface area contributed by atoms with Gasteiger partial charge in [0, 0.05) is 30.6 Å². The van der Waals surface area contributed by atoms with Gasteiger partial charge >= 0.3 is 0 Å². The summed E-state index contributed by atoms with van der Waals surface area (Å²) in [5.41, 5.74) is 0.423. The van der Waals surface area contributed by atoms with Gasteiger partial charge in [0.15, 0.2) is 11.5 Å². The van der Waals surface area contributed by atoms with E-state index >= 15 is 0 Å². The highest BCUT2D eigenvalue weighted by atomic mass is 16.7. The first-order chi connectivity index (χ1) is 15.0. The molecule has 0 aromatic heterocycles. The first-order valence-corrected chi connectivity index (χ1v) is 11.3. The van der Waals surface area contributed by atoms with Crippen LogP contribution in [0.25, 0.3) is 0 Å². The summed E-state index contributed by atoms with van der Waals surface area (Å²) in [6.07, 6.45) is 4.18. The minimum atomic E-state index is -0.648. The van der Waals surface area contributed by atoms with E-state index in [1.807, 2.05) is 18.7 Å². The standard InChI is InChI=1S/C23H31N3O5/c1-3-14(2)24-22(28)20(15-8-10-26(11-9-15)23(29)16-4-5-16)25-21(27)17-6-7-18-19(12-17)31-13-30-18/h6-7,12,14-16,20H,3-5,8-11,13H2,1-2H3,(H,24,28)(H,25,27)/t14-,20-/m1/s1. The highest BCUT2D eigenvalue weighted by Gasteiger charge is 2.38.